The average molecular weight is 257 g/mol. The van der Waals surface area contributed by atoms with Crippen molar-refractivity contribution in [3.8, 4) is 5.75 Å². The molecular formula is C13H20FNOS. The lowest BCUT2D eigenvalue weighted by atomic mass is 10.2. The lowest BCUT2D eigenvalue weighted by molar-refractivity contribution is 0.386. The maximum Gasteiger partial charge on any atom is 0.165 e. The Labute approximate surface area is 107 Å². The molecule has 0 spiro atoms. The van der Waals surface area contributed by atoms with Gasteiger partial charge in [-0.1, -0.05) is 13.0 Å². The van der Waals surface area contributed by atoms with E-state index in [1.807, 2.05) is 17.8 Å². The van der Waals surface area contributed by atoms with Gasteiger partial charge in [-0.15, -0.1) is 0 Å². The molecule has 0 radical (unpaired) electrons. The summed E-state index contributed by atoms with van der Waals surface area (Å²) >= 11 is 1.95. The standard InChI is InChI=1S/C13H20FNOS/c1-3-17-8-4-7-15-10-11-5-6-13(16-2)12(14)9-11/h5-6,9,15H,3-4,7-8,10H2,1-2H3. The van der Waals surface area contributed by atoms with Crippen molar-refractivity contribution in [3.63, 3.8) is 0 Å². The minimum Gasteiger partial charge on any atom is -0.494 e. The number of benzene rings is 1. The molecule has 0 unspecified atom stereocenters. The van der Waals surface area contributed by atoms with Gasteiger partial charge in [-0.3, -0.25) is 0 Å². The highest BCUT2D eigenvalue weighted by atomic mass is 32.2. The molecule has 0 fully saturated rings. The van der Waals surface area contributed by atoms with Crippen molar-refractivity contribution in [1.29, 1.82) is 0 Å². The van der Waals surface area contributed by atoms with Crippen molar-refractivity contribution >= 4 is 11.8 Å². The van der Waals surface area contributed by atoms with E-state index in [2.05, 4.69) is 12.2 Å². The molecule has 0 heterocycles. The van der Waals surface area contributed by atoms with Crippen LogP contribution in [0.3, 0.4) is 0 Å². The van der Waals surface area contributed by atoms with E-state index in [-0.39, 0.29) is 5.82 Å². The fourth-order valence-electron chi connectivity index (χ4n) is 1.50. The minimum absolute atomic E-state index is 0.298. The van der Waals surface area contributed by atoms with Crippen LogP contribution in [0.15, 0.2) is 18.2 Å². The fourth-order valence-corrected chi connectivity index (χ4v) is 2.13. The highest BCUT2D eigenvalue weighted by Gasteiger charge is 2.02. The molecule has 0 amide bonds. The van der Waals surface area contributed by atoms with Gasteiger partial charge < -0.3 is 10.1 Å². The highest BCUT2D eigenvalue weighted by molar-refractivity contribution is 7.99. The minimum atomic E-state index is -0.298. The van der Waals surface area contributed by atoms with Crippen molar-refractivity contribution < 1.29 is 9.13 Å². The monoisotopic (exact) mass is 257 g/mol. The summed E-state index contributed by atoms with van der Waals surface area (Å²) in [5.74, 6) is 2.35. The van der Waals surface area contributed by atoms with Crippen LogP contribution in [0.4, 0.5) is 4.39 Å². The third-order valence-corrected chi connectivity index (χ3v) is 3.38. The number of hydrogen-bond donors (Lipinski definition) is 1. The maximum absolute atomic E-state index is 13.4. The second kappa shape index (κ2) is 8.37. The van der Waals surface area contributed by atoms with E-state index in [0.29, 0.717) is 12.3 Å². The molecule has 2 nitrogen and oxygen atoms in total. The van der Waals surface area contributed by atoms with Gasteiger partial charge in [-0.2, -0.15) is 11.8 Å². The molecule has 0 bridgehead atoms. The molecule has 1 aromatic carbocycles. The summed E-state index contributed by atoms with van der Waals surface area (Å²) in [6.45, 7) is 3.84. The third-order valence-electron chi connectivity index (χ3n) is 2.39. The first-order valence-electron chi connectivity index (χ1n) is 5.88. The Morgan fingerprint density at radius 1 is 1.41 bits per heavy atom. The lowest BCUT2D eigenvalue weighted by Gasteiger charge is -2.07. The first kappa shape index (κ1) is 14.3. The van der Waals surface area contributed by atoms with Gasteiger partial charge in [0.2, 0.25) is 0 Å². The van der Waals surface area contributed by atoms with Gasteiger partial charge in [-0.25, -0.2) is 4.39 Å². The van der Waals surface area contributed by atoms with Crippen molar-refractivity contribution in [1.82, 2.24) is 5.32 Å². The van der Waals surface area contributed by atoms with Crippen LogP contribution >= 0.6 is 11.8 Å². The smallest absolute Gasteiger partial charge is 0.165 e. The molecule has 1 N–H and O–H groups in total. The quantitative estimate of drug-likeness (QED) is 0.723. The number of nitrogens with one attached hydrogen (secondary N) is 1. The molecule has 96 valence electrons. The second-order valence-electron chi connectivity index (χ2n) is 3.70. The number of ether oxygens (including phenoxy) is 1. The van der Waals surface area contributed by atoms with Crippen LogP contribution in [0.2, 0.25) is 0 Å². The second-order valence-corrected chi connectivity index (χ2v) is 5.09. The first-order valence-corrected chi connectivity index (χ1v) is 7.04. The Balaban J connectivity index is 2.25. The van der Waals surface area contributed by atoms with Crippen LogP contribution in [0, 0.1) is 5.82 Å². The summed E-state index contributed by atoms with van der Waals surface area (Å²) in [7, 11) is 1.47. The van der Waals surface area contributed by atoms with E-state index in [4.69, 9.17) is 4.74 Å². The van der Waals surface area contributed by atoms with Crippen LogP contribution in [0.25, 0.3) is 0 Å². The van der Waals surface area contributed by atoms with Gasteiger partial charge in [0.1, 0.15) is 0 Å². The Morgan fingerprint density at radius 3 is 2.88 bits per heavy atom. The van der Waals surface area contributed by atoms with Gasteiger partial charge in [0.15, 0.2) is 11.6 Å². The molecule has 0 saturated carbocycles. The van der Waals surface area contributed by atoms with E-state index < -0.39 is 0 Å². The Morgan fingerprint density at radius 2 is 2.24 bits per heavy atom. The zero-order valence-corrected chi connectivity index (χ0v) is 11.3. The predicted molar refractivity (Wildman–Crippen MR) is 72.3 cm³/mol. The Hall–Kier alpha value is -0.740. The van der Waals surface area contributed by atoms with E-state index in [1.165, 1.54) is 24.7 Å². The summed E-state index contributed by atoms with van der Waals surface area (Å²) in [6.07, 6.45) is 1.15. The van der Waals surface area contributed by atoms with E-state index in [1.54, 1.807) is 6.07 Å². The van der Waals surface area contributed by atoms with Gasteiger partial charge in [0, 0.05) is 6.54 Å². The number of methoxy groups -OCH3 is 1. The predicted octanol–water partition coefficient (Wildman–Crippen LogP) is 3.07. The van der Waals surface area contributed by atoms with Gasteiger partial charge in [0.25, 0.3) is 0 Å². The molecule has 1 aromatic rings. The van der Waals surface area contributed by atoms with Crippen molar-refractivity contribution in [2.75, 3.05) is 25.2 Å². The number of thioether (sulfide) groups is 1. The largest absolute Gasteiger partial charge is 0.494 e. The van der Waals surface area contributed by atoms with Crippen LogP contribution in [-0.2, 0) is 6.54 Å². The molecule has 0 aliphatic carbocycles. The molecular weight excluding hydrogens is 237 g/mol. The summed E-state index contributed by atoms with van der Waals surface area (Å²) < 4.78 is 18.2. The molecule has 17 heavy (non-hydrogen) atoms. The van der Waals surface area contributed by atoms with Gasteiger partial charge in [0.05, 0.1) is 7.11 Å². The zero-order chi connectivity index (χ0) is 12.5. The summed E-state index contributed by atoms with van der Waals surface area (Å²) in [5, 5.41) is 3.30. The molecule has 0 atom stereocenters. The van der Waals surface area contributed by atoms with Crippen LogP contribution < -0.4 is 10.1 Å². The average Bonchev–Trinajstić information content (AvgIpc) is 2.34. The van der Waals surface area contributed by atoms with Crippen molar-refractivity contribution in [2.45, 2.75) is 19.9 Å². The Kier molecular flexibility index (Phi) is 7.05. The van der Waals surface area contributed by atoms with Gasteiger partial charge in [-0.05, 0) is 42.2 Å². The molecule has 4 heteroatoms. The molecule has 0 aliphatic rings. The normalized spacial score (nSPS) is 10.5. The van der Waals surface area contributed by atoms with Crippen LogP contribution in [-0.4, -0.2) is 25.2 Å². The lowest BCUT2D eigenvalue weighted by Crippen LogP contribution is -2.15. The number of hydrogen-bond acceptors (Lipinski definition) is 3. The number of rotatable bonds is 8. The van der Waals surface area contributed by atoms with E-state index in [9.17, 15) is 4.39 Å². The summed E-state index contributed by atoms with van der Waals surface area (Å²) in [5.41, 5.74) is 0.950. The van der Waals surface area contributed by atoms with E-state index in [0.717, 1.165) is 18.5 Å². The van der Waals surface area contributed by atoms with Crippen LogP contribution in [0.5, 0.6) is 5.75 Å². The van der Waals surface area contributed by atoms with Crippen molar-refractivity contribution in [2.24, 2.45) is 0 Å². The first-order chi connectivity index (χ1) is 8.27. The fraction of sp³-hybridized carbons (Fsp3) is 0.538. The van der Waals surface area contributed by atoms with Gasteiger partial charge >= 0.3 is 0 Å². The molecule has 0 aromatic heterocycles. The topological polar surface area (TPSA) is 21.3 Å². The Bertz CT molecular complexity index is 333. The summed E-state index contributed by atoms with van der Waals surface area (Å²) in [6, 6.07) is 5.07. The third kappa shape index (κ3) is 5.41. The number of halogens is 1. The highest BCUT2D eigenvalue weighted by Crippen LogP contribution is 2.17. The maximum atomic E-state index is 13.4. The molecule has 1 rings (SSSR count). The van der Waals surface area contributed by atoms with Crippen molar-refractivity contribution in [3.05, 3.63) is 29.6 Å². The molecule has 0 aliphatic heterocycles. The van der Waals surface area contributed by atoms with Crippen LogP contribution in [0.1, 0.15) is 18.9 Å². The molecule has 0 saturated heterocycles. The summed E-state index contributed by atoms with van der Waals surface area (Å²) in [4.78, 5) is 0. The van der Waals surface area contributed by atoms with E-state index >= 15 is 0 Å². The SMILES string of the molecule is CCSCCCNCc1ccc(OC)c(F)c1. The zero-order valence-electron chi connectivity index (χ0n) is 10.5.